The van der Waals surface area contributed by atoms with Gasteiger partial charge in [-0.15, -0.1) is 0 Å². The van der Waals surface area contributed by atoms with E-state index in [1.807, 2.05) is 0 Å². The van der Waals surface area contributed by atoms with Gasteiger partial charge in [-0.25, -0.2) is 12.8 Å². The molecule has 1 amide bonds. The fourth-order valence-corrected chi connectivity index (χ4v) is 5.60. The molecule has 1 fully saturated rings. The minimum atomic E-state index is -3.81. The lowest BCUT2D eigenvalue weighted by molar-refractivity contribution is -0.116. The number of hydrogen-bond acceptors (Lipinski definition) is 4. The second-order valence-electron chi connectivity index (χ2n) is 6.98. The first kappa shape index (κ1) is 18.9. The molecule has 2 aliphatic rings. The summed E-state index contributed by atoms with van der Waals surface area (Å²) in [5, 5.41) is 0. The summed E-state index contributed by atoms with van der Waals surface area (Å²) in [7, 11) is -3.81. The number of rotatable bonds is 3. The smallest absolute Gasteiger partial charge is 0.243 e. The van der Waals surface area contributed by atoms with Gasteiger partial charge in [-0.3, -0.25) is 4.79 Å². The monoisotopic (exact) mass is 404 g/mol. The Bertz CT molecular complexity index is 1020. The van der Waals surface area contributed by atoms with Crippen molar-refractivity contribution in [1.82, 2.24) is 4.31 Å². The number of anilines is 1. The predicted molar refractivity (Wildman–Crippen MR) is 102 cm³/mol. The summed E-state index contributed by atoms with van der Waals surface area (Å²) in [4.78, 5) is 13.5. The van der Waals surface area contributed by atoms with Crippen LogP contribution in [0.3, 0.4) is 0 Å². The van der Waals surface area contributed by atoms with Gasteiger partial charge in [0.2, 0.25) is 15.9 Å². The van der Waals surface area contributed by atoms with E-state index < -0.39 is 16.1 Å². The molecule has 148 valence electrons. The largest absolute Gasteiger partial charge is 0.490 e. The average molecular weight is 404 g/mol. The number of hydrogen-bond donors (Lipinski definition) is 0. The molecule has 2 aromatic rings. The first-order valence-corrected chi connectivity index (χ1v) is 10.6. The summed E-state index contributed by atoms with van der Waals surface area (Å²) in [6.45, 7) is 2.55. The van der Waals surface area contributed by atoms with Crippen molar-refractivity contribution < 1.29 is 22.3 Å². The second-order valence-corrected chi connectivity index (χ2v) is 8.87. The van der Waals surface area contributed by atoms with Crippen molar-refractivity contribution in [3.63, 3.8) is 0 Å². The number of sulfonamides is 1. The van der Waals surface area contributed by atoms with Crippen molar-refractivity contribution in [1.29, 1.82) is 0 Å². The molecule has 4 rings (SSSR count). The van der Waals surface area contributed by atoms with E-state index in [2.05, 4.69) is 0 Å². The van der Waals surface area contributed by atoms with Crippen LogP contribution in [0.25, 0.3) is 0 Å². The second kappa shape index (κ2) is 7.18. The van der Waals surface area contributed by atoms with Gasteiger partial charge in [0.25, 0.3) is 0 Å². The summed E-state index contributed by atoms with van der Waals surface area (Å²) < 4.78 is 47.3. The van der Waals surface area contributed by atoms with Crippen molar-refractivity contribution in [2.75, 3.05) is 24.6 Å². The Morgan fingerprint density at radius 1 is 1.18 bits per heavy atom. The van der Waals surface area contributed by atoms with Gasteiger partial charge in [-0.2, -0.15) is 4.31 Å². The molecule has 0 N–H and O–H groups in total. The van der Waals surface area contributed by atoms with Crippen molar-refractivity contribution in [3.05, 3.63) is 53.8 Å². The lowest BCUT2D eigenvalue weighted by atomic mass is 10.1. The van der Waals surface area contributed by atoms with E-state index >= 15 is 0 Å². The van der Waals surface area contributed by atoms with Crippen LogP contribution in [-0.2, 0) is 14.8 Å². The maximum absolute atomic E-state index is 13.7. The van der Waals surface area contributed by atoms with Gasteiger partial charge in [0.1, 0.15) is 18.2 Å². The zero-order valence-corrected chi connectivity index (χ0v) is 16.3. The highest BCUT2D eigenvalue weighted by Gasteiger charge is 2.37. The van der Waals surface area contributed by atoms with Crippen LogP contribution < -0.4 is 9.64 Å². The standard InChI is InChI=1S/C20H21FN2O4S/c1-14(24)22-10-11-27-20-8-7-17(13-19(20)22)28(25,26)23-9-3-6-18(23)15-4-2-5-16(21)12-15/h2,4-5,7-8,12-13,18H,3,6,9-11H2,1H3/t18-/m1/s1. The molecule has 6 nitrogen and oxygen atoms in total. The highest BCUT2D eigenvalue weighted by atomic mass is 32.2. The molecule has 2 heterocycles. The van der Waals surface area contributed by atoms with Gasteiger partial charge in [0.05, 0.1) is 23.2 Å². The average Bonchev–Trinajstić information content (AvgIpc) is 3.17. The SMILES string of the molecule is CC(=O)N1CCOc2ccc(S(=O)(=O)N3CCC[C@@H]3c3cccc(F)c3)cc21. The van der Waals surface area contributed by atoms with E-state index in [9.17, 15) is 17.6 Å². The fourth-order valence-electron chi connectivity index (χ4n) is 3.90. The molecular formula is C20H21FN2O4S. The van der Waals surface area contributed by atoms with E-state index in [-0.39, 0.29) is 16.6 Å². The number of fused-ring (bicyclic) bond motifs is 1. The normalized spacial score (nSPS) is 19.9. The summed E-state index contributed by atoms with van der Waals surface area (Å²) in [5.74, 6) is -0.0637. The highest BCUT2D eigenvalue weighted by molar-refractivity contribution is 7.89. The van der Waals surface area contributed by atoms with E-state index in [0.717, 1.165) is 0 Å². The van der Waals surface area contributed by atoms with Crippen LogP contribution in [0.4, 0.5) is 10.1 Å². The molecule has 1 atom stereocenters. The Balaban J connectivity index is 1.72. The number of carbonyl (C=O) groups is 1. The maximum Gasteiger partial charge on any atom is 0.243 e. The molecule has 0 aliphatic carbocycles. The van der Waals surface area contributed by atoms with Gasteiger partial charge in [-0.05, 0) is 48.7 Å². The van der Waals surface area contributed by atoms with E-state index in [0.29, 0.717) is 49.5 Å². The van der Waals surface area contributed by atoms with Crippen LogP contribution in [0.5, 0.6) is 5.75 Å². The molecule has 0 unspecified atom stereocenters. The van der Waals surface area contributed by atoms with E-state index in [1.165, 1.54) is 40.4 Å². The Labute approximate surface area is 163 Å². The van der Waals surface area contributed by atoms with Gasteiger partial charge < -0.3 is 9.64 Å². The predicted octanol–water partition coefficient (Wildman–Crippen LogP) is 3.10. The molecule has 1 saturated heterocycles. The fraction of sp³-hybridized carbons (Fsp3) is 0.350. The molecule has 2 aliphatic heterocycles. The van der Waals surface area contributed by atoms with Crippen LogP contribution in [0, 0.1) is 5.82 Å². The topological polar surface area (TPSA) is 66.9 Å². The van der Waals surface area contributed by atoms with Crippen LogP contribution in [0.2, 0.25) is 0 Å². The summed E-state index contributed by atoms with van der Waals surface area (Å²) in [6, 6.07) is 10.2. The third kappa shape index (κ3) is 3.27. The molecule has 8 heteroatoms. The summed E-state index contributed by atoms with van der Waals surface area (Å²) >= 11 is 0. The van der Waals surface area contributed by atoms with Crippen molar-refractivity contribution in [2.24, 2.45) is 0 Å². The molecule has 0 spiro atoms. The number of carbonyl (C=O) groups excluding carboxylic acids is 1. The van der Waals surface area contributed by atoms with Crippen LogP contribution in [0.1, 0.15) is 31.4 Å². The Morgan fingerprint density at radius 3 is 2.75 bits per heavy atom. The molecule has 28 heavy (non-hydrogen) atoms. The number of ether oxygens (including phenoxy) is 1. The third-order valence-corrected chi connectivity index (χ3v) is 7.12. The number of halogens is 1. The number of amides is 1. The minimum Gasteiger partial charge on any atom is -0.490 e. The van der Waals surface area contributed by atoms with Crippen molar-refractivity contribution >= 4 is 21.6 Å². The zero-order chi connectivity index (χ0) is 19.9. The zero-order valence-electron chi connectivity index (χ0n) is 15.5. The summed E-state index contributed by atoms with van der Waals surface area (Å²) in [6.07, 6.45) is 1.34. The van der Waals surface area contributed by atoms with Crippen LogP contribution in [-0.4, -0.2) is 38.3 Å². The molecule has 0 radical (unpaired) electrons. The highest BCUT2D eigenvalue weighted by Crippen LogP contribution is 2.39. The Morgan fingerprint density at radius 2 is 2.00 bits per heavy atom. The maximum atomic E-state index is 13.7. The van der Waals surface area contributed by atoms with E-state index in [4.69, 9.17) is 4.74 Å². The van der Waals surface area contributed by atoms with Gasteiger partial charge in [0.15, 0.2) is 0 Å². The third-order valence-electron chi connectivity index (χ3n) is 5.22. The molecule has 0 aromatic heterocycles. The molecule has 2 aromatic carbocycles. The first-order valence-electron chi connectivity index (χ1n) is 9.20. The minimum absolute atomic E-state index is 0.103. The first-order chi connectivity index (χ1) is 13.4. The van der Waals surface area contributed by atoms with Gasteiger partial charge in [-0.1, -0.05) is 12.1 Å². The van der Waals surface area contributed by atoms with Crippen molar-refractivity contribution in [2.45, 2.75) is 30.7 Å². The lowest BCUT2D eigenvalue weighted by Crippen LogP contribution is -2.37. The van der Waals surface area contributed by atoms with Crippen LogP contribution >= 0.6 is 0 Å². The number of nitrogens with zero attached hydrogens (tertiary/aromatic N) is 2. The van der Waals surface area contributed by atoms with Gasteiger partial charge >= 0.3 is 0 Å². The number of benzene rings is 2. The Kier molecular flexibility index (Phi) is 4.84. The summed E-state index contributed by atoms with van der Waals surface area (Å²) in [5.41, 5.74) is 1.11. The Hall–Kier alpha value is -2.45. The van der Waals surface area contributed by atoms with E-state index in [1.54, 1.807) is 18.2 Å². The lowest BCUT2D eigenvalue weighted by Gasteiger charge is -2.30. The molecule has 0 bridgehead atoms. The van der Waals surface area contributed by atoms with Gasteiger partial charge in [0, 0.05) is 13.5 Å². The quantitative estimate of drug-likeness (QED) is 0.789. The van der Waals surface area contributed by atoms with Crippen LogP contribution in [0.15, 0.2) is 47.4 Å². The molecule has 0 saturated carbocycles. The van der Waals surface area contributed by atoms with Crippen molar-refractivity contribution in [3.8, 4) is 5.75 Å². The molecular weight excluding hydrogens is 383 g/mol.